The van der Waals surface area contributed by atoms with Gasteiger partial charge in [-0.2, -0.15) is 0 Å². The molecule has 39 heavy (non-hydrogen) atoms. The van der Waals surface area contributed by atoms with Crippen molar-refractivity contribution in [1.29, 1.82) is 0 Å². The molecule has 0 saturated carbocycles. The Labute approximate surface area is 226 Å². The zero-order valence-electron chi connectivity index (χ0n) is 21.3. The van der Waals surface area contributed by atoms with Crippen LogP contribution in [0, 0.1) is 0 Å². The van der Waals surface area contributed by atoms with Crippen LogP contribution in [0.5, 0.6) is 0 Å². The molecule has 3 aromatic carbocycles. The van der Waals surface area contributed by atoms with Gasteiger partial charge >= 0.3 is 5.97 Å². The molecular weight excluding hydrogens is 498 g/mol. The van der Waals surface area contributed by atoms with Crippen molar-refractivity contribution in [2.24, 2.45) is 0 Å². The van der Waals surface area contributed by atoms with Crippen LogP contribution >= 0.6 is 0 Å². The van der Waals surface area contributed by atoms with Crippen LogP contribution < -0.4 is 5.32 Å². The van der Waals surface area contributed by atoms with Crippen molar-refractivity contribution in [3.05, 3.63) is 114 Å². The lowest BCUT2D eigenvalue weighted by molar-refractivity contribution is -0.149. The molecule has 9 nitrogen and oxygen atoms in total. The van der Waals surface area contributed by atoms with Crippen molar-refractivity contribution in [2.75, 3.05) is 6.54 Å². The van der Waals surface area contributed by atoms with Crippen LogP contribution in [0.15, 0.2) is 97.2 Å². The summed E-state index contributed by atoms with van der Waals surface area (Å²) in [6, 6.07) is 24.4. The summed E-state index contributed by atoms with van der Waals surface area (Å²) in [5, 5.41) is 22.4. The van der Waals surface area contributed by atoms with E-state index in [0.717, 1.165) is 5.56 Å². The van der Waals surface area contributed by atoms with Gasteiger partial charge in [0.2, 0.25) is 11.8 Å². The number of carboxylic acids is 1. The normalized spacial score (nSPS) is 16.7. The van der Waals surface area contributed by atoms with Crippen LogP contribution in [0.25, 0.3) is 5.70 Å². The van der Waals surface area contributed by atoms with Crippen LogP contribution in [0.1, 0.15) is 29.7 Å². The number of aliphatic carboxylic acids is 1. The first kappa shape index (κ1) is 27.3. The quantitative estimate of drug-likeness (QED) is 0.393. The molecule has 0 radical (unpaired) electrons. The molecule has 200 valence electrons. The molecule has 1 heterocycles. The Bertz CT molecular complexity index is 1360. The highest BCUT2D eigenvalue weighted by Crippen LogP contribution is 2.34. The van der Waals surface area contributed by atoms with Crippen LogP contribution in [0.2, 0.25) is 0 Å². The van der Waals surface area contributed by atoms with Crippen LogP contribution in [-0.4, -0.2) is 62.4 Å². The highest BCUT2D eigenvalue weighted by atomic mass is 16.4. The number of amides is 3. The number of benzene rings is 3. The Hall–Kier alpha value is -4.76. The molecular formula is C30H29N3O6. The fourth-order valence-corrected chi connectivity index (χ4v) is 4.55. The summed E-state index contributed by atoms with van der Waals surface area (Å²) in [5.41, 5.74) is 2.26. The third kappa shape index (κ3) is 6.39. The van der Waals surface area contributed by atoms with Gasteiger partial charge in [0.15, 0.2) is 6.10 Å². The van der Waals surface area contributed by atoms with Crippen molar-refractivity contribution in [3.63, 3.8) is 0 Å². The van der Waals surface area contributed by atoms with Crippen LogP contribution in [-0.2, 0) is 25.6 Å². The number of aliphatic hydroxyl groups is 1. The van der Waals surface area contributed by atoms with Crippen molar-refractivity contribution in [1.82, 2.24) is 15.1 Å². The Balaban J connectivity index is 1.67. The van der Waals surface area contributed by atoms with E-state index in [1.54, 1.807) is 91.1 Å². The second-order valence-electron chi connectivity index (χ2n) is 9.19. The summed E-state index contributed by atoms with van der Waals surface area (Å²) in [5.74, 6) is -2.97. The number of carbonyl (C=O) groups excluding carboxylic acids is 3. The lowest BCUT2D eigenvalue weighted by Gasteiger charge is -2.39. The van der Waals surface area contributed by atoms with Gasteiger partial charge in [0.25, 0.3) is 5.91 Å². The lowest BCUT2D eigenvalue weighted by Crippen LogP contribution is -2.53. The topological polar surface area (TPSA) is 127 Å². The molecule has 0 saturated heterocycles. The Morgan fingerprint density at radius 2 is 1.46 bits per heavy atom. The van der Waals surface area contributed by atoms with Gasteiger partial charge in [-0.1, -0.05) is 91.0 Å². The molecule has 2 unspecified atom stereocenters. The zero-order valence-corrected chi connectivity index (χ0v) is 21.3. The monoisotopic (exact) mass is 527 g/mol. The van der Waals surface area contributed by atoms with Gasteiger partial charge in [0.1, 0.15) is 12.6 Å². The number of hydrogen-bond donors (Lipinski definition) is 3. The minimum absolute atomic E-state index is 0.0696. The molecule has 0 aliphatic carbocycles. The average molecular weight is 528 g/mol. The fraction of sp³-hybridized carbons (Fsp3) is 0.200. The van der Waals surface area contributed by atoms with E-state index >= 15 is 0 Å². The smallest absolute Gasteiger partial charge is 0.334 e. The van der Waals surface area contributed by atoms with Gasteiger partial charge in [0, 0.05) is 13.1 Å². The number of nitrogens with one attached hydrogen (secondary N) is 1. The molecule has 0 aromatic heterocycles. The first-order valence-electron chi connectivity index (χ1n) is 12.4. The van der Waals surface area contributed by atoms with Gasteiger partial charge in [-0.15, -0.1) is 0 Å². The standard InChI is InChI=1S/C30H29N3O6/c1-20(34)32-18-25(22-13-7-3-8-14-22)33(29(37)27(32)23-15-9-4-10-16-23)19-26(35)31-24(28(36)30(38)39)17-21-11-5-2-6-12-21/h2-16,18,24,27-28,36H,17,19H2,1H3,(H,31,35)(H,38,39)/t24-,27?,28?/m0/s1. The van der Waals surface area contributed by atoms with E-state index < -0.39 is 42.5 Å². The van der Waals surface area contributed by atoms with Gasteiger partial charge in [-0.05, 0) is 23.1 Å². The van der Waals surface area contributed by atoms with E-state index in [-0.39, 0.29) is 12.3 Å². The summed E-state index contributed by atoms with van der Waals surface area (Å²) >= 11 is 0. The maximum absolute atomic E-state index is 13.9. The van der Waals surface area contributed by atoms with E-state index in [1.165, 1.54) is 16.7 Å². The molecule has 3 N–H and O–H groups in total. The van der Waals surface area contributed by atoms with Gasteiger partial charge < -0.3 is 20.4 Å². The van der Waals surface area contributed by atoms with Crippen molar-refractivity contribution in [3.8, 4) is 0 Å². The van der Waals surface area contributed by atoms with Crippen molar-refractivity contribution >= 4 is 29.4 Å². The third-order valence-corrected chi connectivity index (χ3v) is 6.46. The molecule has 1 aliphatic rings. The van der Waals surface area contributed by atoms with E-state index in [1.807, 2.05) is 6.07 Å². The zero-order chi connectivity index (χ0) is 27.9. The lowest BCUT2D eigenvalue weighted by atomic mass is 9.99. The summed E-state index contributed by atoms with van der Waals surface area (Å²) in [4.78, 5) is 54.1. The largest absolute Gasteiger partial charge is 0.479 e. The van der Waals surface area contributed by atoms with E-state index in [4.69, 9.17) is 0 Å². The second kappa shape index (κ2) is 12.2. The van der Waals surface area contributed by atoms with Crippen LogP contribution in [0.4, 0.5) is 0 Å². The molecule has 1 aliphatic heterocycles. The number of rotatable bonds is 9. The molecule has 3 atom stereocenters. The maximum atomic E-state index is 13.9. The molecule has 3 aromatic rings. The fourth-order valence-electron chi connectivity index (χ4n) is 4.55. The minimum Gasteiger partial charge on any atom is -0.479 e. The first-order valence-corrected chi connectivity index (χ1v) is 12.4. The number of carboxylic acid groups (broad SMARTS) is 1. The van der Waals surface area contributed by atoms with Crippen molar-refractivity contribution in [2.45, 2.75) is 31.5 Å². The van der Waals surface area contributed by atoms with E-state index in [0.29, 0.717) is 16.8 Å². The predicted molar refractivity (Wildman–Crippen MR) is 144 cm³/mol. The maximum Gasteiger partial charge on any atom is 0.334 e. The first-order chi connectivity index (χ1) is 18.8. The van der Waals surface area contributed by atoms with E-state index in [9.17, 15) is 29.4 Å². The molecule has 0 fully saturated rings. The molecule has 0 spiro atoms. The average Bonchev–Trinajstić information content (AvgIpc) is 2.94. The summed E-state index contributed by atoms with van der Waals surface area (Å²) in [6.45, 7) is 0.915. The van der Waals surface area contributed by atoms with Gasteiger partial charge in [0.05, 0.1) is 11.7 Å². The number of nitrogens with zero attached hydrogens (tertiary/aromatic N) is 2. The minimum atomic E-state index is -1.86. The molecule has 0 bridgehead atoms. The highest BCUT2D eigenvalue weighted by molar-refractivity contribution is 6.00. The molecule has 9 heteroatoms. The van der Waals surface area contributed by atoms with Gasteiger partial charge in [-0.3, -0.25) is 19.3 Å². The predicted octanol–water partition coefficient (Wildman–Crippen LogP) is 2.59. The molecule has 4 rings (SSSR count). The van der Waals surface area contributed by atoms with Crippen molar-refractivity contribution < 1.29 is 29.4 Å². The summed E-state index contributed by atoms with van der Waals surface area (Å²) < 4.78 is 0. The molecule has 3 amide bonds. The van der Waals surface area contributed by atoms with E-state index in [2.05, 4.69) is 5.32 Å². The van der Waals surface area contributed by atoms with Crippen LogP contribution in [0.3, 0.4) is 0 Å². The Morgan fingerprint density at radius 1 is 0.897 bits per heavy atom. The highest BCUT2D eigenvalue weighted by Gasteiger charge is 2.40. The number of aliphatic hydroxyl groups excluding tert-OH is 1. The summed E-state index contributed by atoms with van der Waals surface area (Å²) in [7, 11) is 0. The number of hydrogen-bond acceptors (Lipinski definition) is 5. The summed E-state index contributed by atoms with van der Waals surface area (Å²) in [6.07, 6.45) is -0.238. The third-order valence-electron chi connectivity index (χ3n) is 6.46. The Kier molecular flexibility index (Phi) is 8.53. The second-order valence-corrected chi connectivity index (χ2v) is 9.19. The Morgan fingerprint density at radius 3 is 2.03 bits per heavy atom. The number of carbonyl (C=O) groups is 4. The SMILES string of the molecule is CC(=O)N1C=C(c2ccccc2)N(CC(=O)N[C@@H](Cc2ccccc2)C(O)C(=O)O)C(=O)C1c1ccccc1. The van der Waals surface area contributed by atoms with Gasteiger partial charge in [-0.25, -0.2) is 4.79 Å².